The molecule has 16 heavy (non-hydrogen) atoms. The third kappa shape index (κ3) is 1.65. The largest absolute Gasteiger partial charge is 0.341 e. The molecule has 1 N–H and O–H groups in total. The SMILES string of the molecule is Cc1nc(C#N)c(-c2ccc(F)c(F)c2)[nH]1. The first-order chi connectivity index (χ1) is 7.61. The van der Waals surface area contributed by atoms with Gasteiger partial charge < -0.3 is 4.98 Å². The minimum atomic E-state index is -0.950. The monoisotopic (exact) mass is 219 g/mol. The van der Waals surface area contributed by atoms with Gasteiger partial charge in [-0.15, -0.1) is 0 Å². The van der Waals surface area contributed by atoms with Gasteiger partial charge in [-0.1, -0.05) is 0 Å². The summed E-state index contributed by atoms with van der Waals surface area (Å²) in [6.45, 7) is 1.68. The van der Waals surface area contributed by atoms with Crippen LogP contribution in [0.2, 0.25) is 0 Å². The number of hydrogen-bond donors (Lipinski definition) is 1. The van der Waals surface area contributed by atoms with Crippen LogP contribution in [0, 0.1) is 29.9 Å². The number of nitriles is 1. The Morgan fingerprint density at radius 1 is 1.31 bits per heavy atom. The van der Waals surface area contributed by atoms with Crippen LogP contribution in [0.15, 0.2) is 18.2 Å². The maximum Gasteiger partial charge on any atom is 0.166 e. The molecule has 0 bridgehead atoms. The lowest BCUT2D eigenvalue weighted by Gasteiger charge is -1.99. The van der Waals surface area contributed by atoms with Crippen molar-refractivity contribution >= 4 is 0 Å². The summed E-state index contributed by atoms with van der Waals surface area (Å²) in [7, 11) is 0. The number of nitrogens with zero attached hydrogens (tertiary/aromatic N) is 2. The van der Waals surface area contributed by atoms with E-state index in [9.17, 15) is 8.78 Å². The third-order valence-electron chi connectivity index (χ3n) is 2.14. The van der Waals surface area contributed by atoms with Gasteiger partial charge in [0.05, 0.1) is 5.69 Å². The molecular weight excluding hydrogens is 212 g/mol. The zero-order valence-corrected chi connectivity index (χ0v) is 8.38. The first kappa shape index (κ1) is 10.3. The molecule has 0 atom stereocenters. The summed E-state index contributed by atoms with van der Waals surface area (Å²) in [6.07, 6.45) is 0. The van der Waals surface area contributed by atoms with Gasteiger partial charge in [-0.25, -0.2) is 13.8 Å². The molecule has 0 aliphatic rings. The van der Waals surface area contributed by atoms with E-state index >= 15 is 0 Å². The van der Waals surface area contributed by atoms with Crippen molar-refractivity contribution in [1.82, 2.24) is 9.97 Å². The third-order valence-corrected chi connectivity index (χ3v) is 2.14. The molecule has 0 fully saturated rings. The summed E-state index contributed by atoms with van der Waals surface area (Å²) in [4.78, 5) is 6.76. The highest BCUT2D eigenvalue weighted by atomic mass is 19.2. The molecule has 0 amide bonds. The Bertz CT molecular complexity index is 581. The number of hydrogen-bond acceptors (Lipinski definition) is 2. The highest BCUT2D eigenvalue weighted by Gasteiger charge is 2.11. The van der Waals surface area contributed by atoms with Crippen molar-refractivity contribution in [3.05, 3.63) is 41.4 Å². The van der Waals surface area contributed by atoms with Crippen LogP contribution in [0.25, 0.3) is 11.3 Å². The molecule has 2 rings (SSSR count). The predicted octanol–water partition coefficient (Wildman–Crippen LogP) is 2.54. The lowest BCUT2D eigenvalue weighted by molar-refractivity contribution is 0.509. The van der Waals surface area contributed by atoms with E-state index in [0.29, 0.717) is 17.1 Å². The lowest BCUT2D eigenvalue weighted by atomic mass is 10.1. The molecule has 0 spiro atoms. The summed E-state index contributed by atoms with van der Waals surface area (Å²) in [5.41, 5.74) is 0.971. The molecule has 0 radical (unpaired) electrons. The topological polar surface area (TPSA) is 52.5 Å². The van der Waals surface area contributed by atoms with Crippen LogP contribution in [0.3, 0.4) is 0 Å². The smallest absolute Gasteiger partial charge is 0.166 e. The molecule has 1 aromatic carbocycles. The molecule has 0 saturated carbocycles. The van der Waals surface area contributed by atoms with Crippen molar-refractivity contribution < 1.29 is 8.78 Å². The molecule has 0 unspecified atom stereocenters. The van der Waals surface area contributed by atoms with E-state index in [1.807, 2.05) is 6.07 Å². The number of aryl methyl sites for hydroxylation is 1. The normalized spacial score (nSPS) is 10.1. The fraction of sp³-hybridized carbons (Fsp3) is 0.0909. The first-order valence-electron chi connectivity index (χ1n) is 4.54. The van der Waals surface area contributed by atoms with Crippen LogP contribution >= 0.6 is 0 Å². The number of benzene rings is 1. The minimum absolute atomic E-state index is 0.170. The quantitative estimate of drug-likeness (QED) is 0.801. The van der Waals surface area contributed by atoms with Crippen LogP contribution in [0.1, 0.15) is 11.5 Å². The number of imidazole rings is 1. The van der Waals surface area contributed by atoms with Crippen molar-refractivity contribution in [2.45, 2.75) is 6.92 Å². The van der Waals surface area contributed by atoms with Gasteiger partial charge in [0.2, 0.25) is 0 Å². The van der Waals surface area contributed by atoms with Crippen molar-refractivity contribution in [3.8, 4) is 17.3 Å². The maximum absolute atomic E-state index is 13.0. The molecule has 0 aliphatic heterocycles. The second kappa shape index (κ2) is 3.74. The van der Waals surface area contributed by atoms with Crippen molar-refractivity contribution in [2.24, 2.45) is 0 Å². The van der Waals surface area contributed by atoms with Crippen LogP contribution in [0.5, 0.6) is 0 Å². The highest BCUT2D eigenvalue weighted by molar-refractivity contribution is 5.65. The molecule has 1 heterocycles. The average Bonchev–Trinajstić information content (AvgIpc) is 2.63. The fourth-order valence-corrected chi connectivity index (χ4v) is 1.43. The number of rotatable bonds is 1. The van der Waals surface area contributed by atoms with E-state index in [1.165, 1.54) is 6.07 Å². The Morgan fingerprint density at radius 2 is 2.06 bits per heavy atom. The van der Waals surface area contributed by atoms with Gasteiger partial charge in [0.1, 0.15) is 11.9 Å². The number of aromatic nitrogens is 2. The van der Waals surface area contributed by atoms with E-state index in [-0.39, 0.29) is 5.69 Å². The minimum Gasteiger partial charge on any atom is -0.341 e. The van der Waals surface area contributed by atoms with Crippen LogP contribution in [-0.4, -0.2) is 9.97 Å². The summed E-state index contributed by atoms with van der Waals surface area (Å²) in [5, 5.41) is 8.82. The maximum atomic E-state index is 13.0. The van der Waals surface area contributed by atoms with Gasteiger partial charge in [-0.2, -0.15) is 5.26 Å². The van der Waals surface area contributed by atoms with Gasteiger partial charge >= 0.3 is 0 Å². The van der Waals surface area contributed by atoms with E-state index in [4.69, 9.17) is 5.26 Å². The van der Waals surface area contributed by atoms with Gasteiger partial charge in [0.25, 0.3) is 0 Å². The Kier molecular flexibility index (Phi) is 2.41. The zero-order chi connectivity index (χ0) is 11.7. The van der Waals surface area contributed by atoms with Crippen molar-refractivity contribution in [2.75, 3.05) is 0 Å². The zero-order valence-electron chi connectivity index (χ0n) is 8.38. The Morgan fingerprint density at radius 3 is 2.69 bits per heavy atom. The van der Waals surface area contributed by atoms with E-state index in [1.54, 1.807) is 6.92 Å². The molecule has 5 heteroatoms. The Labute approximate surface area is 90.4 Å². The molecular formula is C11H7F2N3. The number of H-pyrrole nitrogens is 1. The van der Waals surface area contributed by atoms with E-state index < -0.39 is 11.6 Å². The second-order valence-electron chi connectivity index (χ2n) is 3.29. The number of halogens is 2. The van der Waals surface area contributed by atoms with Gasteiger partial charge in [-0.3, -0.25) is 0 Å². The first-order valence-corrected chi connectivity index (χ1v) is 4.54. The van der Waals surface area contributed by atoms with Gasteiger partial charge in [-0.05, 0) is 25.1 Å². The molecule has 3 nitrogen and oxygen atoms in total. The van der Waals surface area contributed by atoms with Crippen LogP contribution in [0.4, 0.5) is 8.78 Å². The summed E-state index contributed by atoms with van der Waals surface area (Å²) in [6, 6.07) is 5.33. The molecule has 0 aliphatic carbocycles. The molecule has 1 aromatic heterocycles. The van der Waals surface area contributed by atoms with Crippen molar-refractivity contribution in [1.29, 1.82) is 5.26 Å². The highest BCUT2D eigenvalue weighted by Crippen LogP contribution is 2.22. The Balaban J connectivity index is 2.59. The molecule has 2 aromatic rings. The fourth-order valence-electron chi connectivity index (χ4n) is 1.43. The number of nitrogens with one attached hydrogen (secondary N) is 1. The van der Waals surface area contributed by atoms with Gasteiger partial charge in [0, 0.05) is 5.56 Å². The number of aromatic amines is 1. The average molecular weight is 219 g/mol. The molecule has 80 valence electrons. The van der Waals surface area contributed by atoms with Crippen LogP contribution in [-0.2, 0) is 0 Å². The predicted molar refractivity (Wildman–Crippen MR) is 53.4 cm³/mol. The summed E-state index contributed by atoms with van der Waals surface area (Å²) < 4.78 is 25.8. The molecule has 0 saturated heterocycles. The summed E-state index contributed by atoms with van der Waals surface area (Å²) >= 11 is 0. The van der Waals surface area contributed by atoms with Crippen molar-refractivity contribution in [3.63, 3.8) is 0 Å². The summed E-state index contributed by atoms with van der Waals surface area (Å²) in [5.74, 6) is -1.32. The Hall–Kier alpha value is -2.22. The van der Waals surface area contributed by atoms with Gasteiger partial charge in [0.15, 0.2) is 17.3 Å². The standard InChI is InChI=1S/C11H7F2N3/c1-6-15-10(5-14)11(16-6)7-2-3-8(12)9(13)4-7/h2-4H,1H3,(H,15,16). The van der Waals surface area contributed by atoms with E-state index in [0.717, 1.165) is 12.1 Å². The van der Waals surface area contributed by atoms with Crippen LogP contribution < -0.4 is 0 Å². The van der Waals surface area contributed by atoms with E-state index in [2.05, 4.69) is 9.97 Å². The lowest BCUT2D eigenvalue weighted by Crippen LogP contribution is -1.87. The second-order valence-corrected chi connectivity index (χ2v) is 3.29.